The molecule has 0 unspecified atom stereocenters. The molecule has 5 atom stereocenters. The molecule has 114 heavy (non-hydrogen) atoms. The van der Waals surface area contributed by atoms with Gasteiger partial charge in [-0.15, -0.1) is 0 Å². The fraction of sp³-hybridized carbons (Fsp3) is 0.500. The number of carbonyl (C=O) groups excluding carboxylic acids is 10. The molecule has 5 aromatic rings. The Bertz CT molecular complexity index is 4120. The number of rotatable bonds is 16. The molecule has 624 valence electrons. The van der Waals surface area contributed by atoms with E-state index in [0.29, 0.717) is 157 Å². The number of carbonyl (C=O) groups is 10. The Kier molecular flexibility index (Phi) is 38.4. The fourth-order valence-corrected chi connectivity index (χ4v) is 13.2. The van der Waals surface area contributed by atoms with E-state index < -0.39 is 23.3 Å². The Morgan fingerprint density at radius 3 is 0.965 bits per heavy atom. The van der Waals surface area contributed by atoms with Gasteiger partial charge in [0.05, 0.1) is 49.7 Å². The molecular formula is C80H106Cl4F5N15O10. The van der Waals surface area contributed by atoms with E-state index in [1.54, 1.807) is 93.9 Å². The lowest BCUT2D eigenvalue weighted by atomic mass is 9.97. The van der Waals surface area contributed by atoms with Gasteiger partial charge in [0.15, 0.2) is 0 Å². The number of piperidine rings is 5. The SMILES string of the molecule is CCCNC(=O)N1CCC[C@H](C(=O)Nc2ccc(Cl)c(F)c2)C1.CCN(C)C(=O)N1CCC[C@H](C(=O)Nc2ccc(Cl)c(F)c2)C1.CCNC(=O)N1CCC[C@H](C(=O)Nc2ccc(Cl)c(F)c2)C1.CN(C)C(=O)N1CCC[C@H](C(=O)Nc2ccc(Cl)c(F)c2)C1.Cc1ccc(NC(=O)[C@H]2CCCN(C(=O)NCC(C)C)C2)cc1F. The highest BCUT2D eigenvalue weighted by Gasteiger charge is 2.34. The number of amides is 15. The Morgan fingerprint density at radius 2 is 0.684 bits per heavy atom. The van der Waals surface area contributed by atoms with E-state index in [-0.39, 0.29) is 115 Å². The molecule has 0 spiro atoms. The molecular weight excluding hydrogens is 1570 g/mol. The van der Waals surface area contributed by atoms with Crippen LogP contribution in [0.5, 0.6) is 0 Å². The van der Waals surface area contributed by atoms with Crippen molar-refractivity contribution in [3.05, 3.63) is 146 Å². The van der Waals surface area contributed by atoms with Crippen LogP contribution in [0.15, 0.2) is 91.0 Å². The van der Waals surface area contributed by atoms with Crippen molar-refractivity contribution < 1.29 is 69.9 Å². The standard InChI is InChI=1S/C18H26FN3O2.2C16H21ClFN3O2.2C15H19ClFN3O2/c1-12(2)10-20-18(24)22-8-4-5-14(11-22)17(23)21-15-7-6-13(3)16(19)9-15;1-3-20(2)16(23)21-8-4-5-11(10-21)15(22)19-12-6-7-13(17)14(18)9-12;1-2-7-19-16(23)21-8-3-4-11(10-21)15(22)20-12-5-6-13(17)14(18)9-12;1-19(2)15(22)20-7-3-4-10(9-20)14(21)18-11-5-6-12(16)13(17)8-11;1-2-18-15(22)20-7-3-4-10(9-20)14(21)19-11-5-6-12(16)13(17)8-11/h6-7,9,12,14H,4-5,8,10-11H2,1-3H3,(H,20,24)(H,21,23);6-7,9,11H,3-5,8,10H2,1-2H3,(H,19,22);5-6,9,11H,2-4,7-8,10H2,1H3,(H,19,23)(H,20,22);5-6,8,10H,3-4,7,9H2,1-2H3,(H,18,21);5-6,8,10H,2-4,7,9H2,1H3,(H,18,22)(H,19,21)/t14-;2*11-;2*10-/m00000/s1. The molecule has 5 heterocycles. The molecule has 0 saturated carbocycles. The van der Waals surface area contributed by atoms with Gasteiger partial charge < -0.3 is 76.8 Å². The van der Waals surface area contributed by atoms with Crippen molar-refractivity contribution in [2.24, 2.45) is 35.5 Å². The summed E-state index contributed by atoms with van der Waals surface area (Å²) in [5.74, 6) is -4.72. The van der Waals surface area contributed by atoms with Gasteiger partial charge in [0.2, 0.25) is 29.5 Å². The molecule has 25 nitrogen and oxygen atoms in total. The Labute approximate surface area is 683 Å². The lowest BCUT2D eigenvalue weighted by molar-refractivity contribution is -0.122. The second kappa shape index (κ2) is 46.8. The third kappa shape index (κ3) is 30.1. The van der Waals surface area contributed by atoms with E-state index in [4.69, 9.17) is 46.4 Å². The van der Waals surface area contributed by atoms with Crippen molar-refractivity contribution >= 4 is 135 Å². The number of nitrogens with one attached hydrogen (secondary N) is 8. The molecule has 10 rings (SSSR count). The summed E-state index contributed by atoms with van der Waals surface area (Å²) < 4.78 is 67.2. The predicted octanol–water partition coefficient (Wildman–Crippen LogP) is 15.3. The molecule has 34 heteroatoms. The van der Waals surface area contributed by atoms with Gasteiger partial charge in [-0.1, -0.05) is 73.2 Å². The third-order valence-corrected chi connectivity index (χ3v) is 20.5. The Balaban J connectivity index is 0.000000222. The Hall–Kier alpha value is -9.39. The minimum Gasteiger partial charge on any atom is -0.338 e. The van der Waals surface area contributed by atoms with Crippen LogP contribution in [0, 0.1) is 71.5 Å². The zero-order valence-corrected chi connectivity index (χ0v) is 68.9. The molecule has 5 saturated heterocycles. The number of hydrogen-bond acceptors (Lipinski definition) is 10. The van der Waals surface area contributed by atoms with E-state index in [9.17, 15) is 69.9 Å². The van der Waals surface area contributed by atoms with Crippen LogP contribution in [-0.2, 0) is 24.0 Å². The lowest BCUT2D eigenvalue weighted by Crippen LogP contribution is -2.48. The van der Waals surface area contributed by atoms with Gasteiger partial charge >= 0.3 is 30.2 Å². The average molecular weight is 1670 g/mol. The maximum Gasteiger partial charge on any atom is 0.319 e. The maximum atomic E-state index is 13.6. The smallest absolute Gasteiger partial charge is 0.319 e. The summed E-state index contributed by atoms with van der Waals surface area (Å²) in [5.41, 5.74) is 2.45. The number of halogens is 9. The van der Waals surface area contributed by atoms with Crippen LogP contribution in [-0.4, -0.2) is 207 Å². The summed E-state index contributed by atoms with van der Waals surface area (Å²) in [6.07, 6.45) is 8.30. The molecule has 0 aromatic heterocycles. The molecule has 5 aromatic carbocycles. The van der Waals surface area contributed by atoms with Crippen LogP contribution in [0.3, 0.4) is 0 Å². The first-order valence-corrected chi connectivity index (χ1v) is 39.9. The van der Waals surface area contributed by atoms with E-state index in [1.165, 1.54) is 59.5 Å². The van der Waals surface area contributed by atoms with Crippen molar-refractivity contribution in [1.29, 1.82) is 0 Å². The summed E-state index contributed by atoms with van der Waals surface area (Å²) in [7, 11) is 5.10. The van der Waals surface area contributed by atoms with Crippen molar-refractivity contribution in [2.45, 2.75) is 112 Å². The first kappa shape index (κ1) is 93.5. The van der Waals surface area contributed by atoms with Crippen LogP contribution in [0.2, 0.25) is 20.1 Å². The highest BCUT2D eigenvalue weighted by molar-refractivity contribution is 6.31. The zero-order valence-electron chi connectivity index (χ0n) is 65.9. The second-order valence-corrected chi connectivity index (χ2v) is 30.6. The molecule has 0 radical (unpaired) electrons. The van der Waals surface area contributed by atoms with Crippen molar-refractivity contribution in [2.75, 3.05) is 139 Å². The van der Waals surface area contributed by atoms with Crippen LogP contribution in [0.25, 0.3) is 0 Å². The second-order valence-electron chi connectivity index (χ2n) is 29.0. The molecule has 0 aliphatic carbocycles. The third-order valence-electron chi connectivity index (χ3n) is 19.3. The lowest BCUT2D eigenvalue weighted by Gasteiger charge is -2.34. The minimum atomic E-state index is -0.577. The van der Waals surface area contributed by atoms with Crippen molar-refractivity contribution in [3.63, 3.8) is 0 Å². The molecule has 0 bridgehead atoms. The van der Waals surface area contributed by atoms with E-state index in [1.807, 2.05) is 34.6 Å². The number of likely N-dealkylation sites (tertiary alicyclic amines) is 5. The summed E-state index contributed by atoms with van der Waals surface area (Å²) >= 11 is 22.5. The topological polar surface area (TPSA) is 290 Å². The fourth-order valence-electron chi connectivity index (χ4n) is 12.7. The first-order valence-electron chi connectivity index (χ1n) is 38.3. The normalized spacial score (nSPS) is 17.8. The average Bonchev–Trinajstić information content (AvgIpc) is 0.865. The summed E-state index contributed by atoms with van der Waals surface area (Å²) in [4.78, 5) is 133. The van der Waals surface area contributed by atoms with Crippen LogP contribution in [0.4, 0.5) is 74.4 Å². The van der Waals surface area contributed by atoms with Gasteiger partial charge in [0.1, 0.15) is 29.1 Å². The van der Waals surface area contributed by atoms with Crippen LogP contribution in [0.1, 0.15) is 111 Å². The summed E-state index contributed by atoms with van der Waals surface area (Å²) in [5, 5.41) is 22.0. The highest BCUT2D eigenvalue weighted by Crippen LogP contribution is 2.29. The van der Waals surface area contributed by atoms with Gasteiger partial charge in [-0.3, -0.25) is 24.0 Å². The summed E-state index contributed by atoms with van der Waals surface area (Å²) in [6.45, 7) is 19.0. The van der Waals surface area contributed by atoms with Gasteiger partial charge in [0, 0.05) is 141 Å². The monoisotopic (exact) mass is 1670 g/mol. The Morgan fingerprint density at radius 1 is 0.404 bits per heavy atom. The van der Waals surface area contributed by atoms with Crippen LogP contribution >= 0.6 is 46.4 Å². The summed E-state index contributed by atoms with van der Waals surface area (Å²) in [6, 6.07) is 20.6. The molecule has 5 aliphatic heterocycles. The van der Waals surface area contributed by atoms with E-state index in [0.717, 1.165) is 44.9 Å². The number of hydrogen-bond donors (Lipinski definition) is 8. The van der Waals surface area contributed by atoms with E-state index in [2.05, 4.69) is 42.5 Å². The van der Waals surface area contributed by atoms with Crippen LogP contribution < -0.4 is 42.5 Å². The molecule has 8 N–H and O–H groups in total. The van der Waals surface area contributed by atoms with Gasteiger partial charge in [-0.2, -0.15) is 0 Å². The number of aryl methyl sites for hydroxylation is 1. The molecule has 5 aliphatic rings. The van der Waals surface area contributed by atoms with Crippen molar-refractivity contribution in [3.8, 4) is 0 Å². The van der Waals surface area contributed by atoms with Crippen molar-refractivity contribution in [1.82, 2.24) is 50.2 Å². The zero-order chi connectivity index (χ0) is 83.9. The predicted molar refractivity (Wildman–Crippen MR) is 435 cm³/mol. The minimum absolute atomic E-state index is 0.0121. The van der Waals surface area contributed by atoms with Gasteiger partial charge in [0.25, 0.3) is 0 Å². The quantitative estimate of drug-likeness (QED) is 0.0432. The number of anilines is 5. The van der Waals surface area contributed by atoms with Gasteiger partial charge in [-0.05, 0) is 188 Å². The number of benzene rings is 5. The largest absolute Gasteiger partial charge is 0.338 e. The van der Waals surface area contributed by atoms with Gasteiger partial charge in [-0.25, -0.2) is 45.9 Å². The molecule has 15 amide bonds. The molecule has 5 fully saturated rings. The maximum absolute atomic E-state index is 13.6. The first-order chi connectivity index (χ1) is 54.2. The number of nitrogens with zero attached hydrogens (tertiary/aromatic N) is 7. The highest BCUT2D eigenvalue weighted by atomic mass is 35.5. The van der Waals surface area contributed by atoms with E-state index >= 15 is 0 Å². The number of urea groups is 5.